The maximum atomic E-state index is 12.3. The van der Waals surface area contributed by atoms with Crippen molar-refractivity contribution >= 4 is 29.1 Å². The van der Waals surface area contributed by atoms with Gasteiger partial charge in [-0.2, -0.15) is 0 Å². The zero-order valence-electron chi connectivity index (χ0n) is 15.0. The van der Waals surface area contributed by atoms with Crippen molar-refractivity contribution in [3.8, 4) is 11.5 Å². The number of carbonyl (C=O) groups is 2. The lowest BCUT2D eigenvalue weighted by atomic mass is 10.1. The van der Waals surface area contributed by atoms with E-state index in [0.29, 0.717) is 30.5 Å². The molecule has 1 saturated heterocycles. The number of anilines is 1. The van der Waals surface area contributed by atoms with Gasteiger partial charge in [0.05, 0.1) is 19.6 Å². The largest absolute Gasteiger partial charge is 0.497 e. The number of nitrogens with zero attached hydrogens (tertiary/aromatic N) is 1. The number of hydrogen-bond donors (Lipinski definition) is 1. The summed E-state index contributed by atoms with van der Waals surface area (Å²) >= 11 is 5.88. The Morgan fingerprint density at radius 1 is 1.15 bits per heavy atom. The van der Waals surface area contributed by atoms with Crippen LogP contribution in [0.25, 0.3) is 0 Å². The van der Waals surface area contributed by atoms with Gasteiger partial charge in [0.1, 0.15) is 18.1 Å². The van der Waals surface area contributed by atoms with Crippen LogP contribution in [0.4, 0.5) is 5.69 Å². The van der Waals surface area contributed by atoms with E-state index in [1.807, 2.05) is 12.1 Å². The summed E-state index contributed by atoms with van der Waals surface area (Å²) in [6, 6.07) is 14.3. The van der Waals surface area contributed by atoms with E-state index in [0.717, 1.165) is 11.4 Å². The molecule has 2 aromatic rings. The van der Waals surface area contributed by atoms with Gasteiger partial charge in [-0.15, -0.1) is 0 Å². The molecule has 0 radical (unpaired) electrons. The van der Waals surface area contributed by atoms with Gasteiger partial charge in [0.25, 0.3) is 0 Å². The summed E-state index contributed by atoms with van der Waals surface area (Å²) in [7, 11) is 1.60. The van der Waals surface area contributed by atoms with Crippen LogP contribution >= 0.6 is 11.6 Å². The van der Waals surface area contributed by atoms with Gasteiger partial charge < -0.3 is 19.7 Å². The van der Waals surface area contributed by atoms with Crippen molar-refractivity contribution in [1.29, 1.82) is 0 Å². The number of halogens is 1. The molecule has 6 nitrogen and oxygen atoms in total. The van der Waals surface area contributed by atoms with E-state index < -0.39 is 0 Å². The molecular formula is C20H21ClN2O4. The van der Waals surface area contributed by atoms with Crippen LogP contribution in [-0.2, 0) is 9.59 Å². The van der Waals surface area contributed by atoms with Crippen LogP contribution in [0.2, 0.25) is 5.02 Å². The number of hydrogen-bond acceptors (Lipinski definition) is 4. The van der Waals surface area contributed by atoms with Gasteiger partial charge >= 0.3 is 0 Å². The standard InChI is InChI=1S/C20H21ClN2O4/c1-26-17-6-8-18(9-7-17)27-11-10-22-20(25)14-12-19(24)23(13-14)16-4-2-15(21)3-5-16/h2-9,14H,10-13H2,1H3,(H,22,25). The number of ether oxygens (including phenoxy) is 2. The van der Waals surface area contributed by atoms with Crippen molar-refractivity contribution in [3.05, 3.63) is 53.6 Å². The van der Waals surface area contributed by atoms with Crippen LogP contribution in [-0.4, -0.2) is 38.6 Å². The molecule has 1 fully saturated rings. The van der Waals surface area contributed by atoms with Gasteiger partial charge in [0.15, 0.2) is 0 Å². The van der Waals surface area contributed by atoms with Gasteiger partial charge in [0.2, 0.25) is 11.8 Å². The van der Waals surface area contributed by atoms with E-state index in [2.05, 4.69) is 5.32 Å². The van der Waals surface area contributed by atoms with Crippen molar-refractivity contribution in [3.63, 3.8) is 0 Å². The van der Waals surface area contributed by atoms with E-state index in [1.165, 1.54) is 0 Å². The highest BCUT2D eigenvalue weighted by atomic mass is 35.5. The summed E-state index contributed by atoms with van der Waals surface area (Å²) in [4.78, 5) is 26.2. The van der Waals surface area contributed by atoms with Gasteiger partial charge in [-0.1, -0.05) is 11.6 Å². The molecule has 0 aliphatic carbocycles. The molecule has 7 heteroatoms. The molecule has 1 heterocycles. The second kappa shape index (κ2) is 8.77. The number of amides is 2. The molecular weight excluding hydrogens is 368 g/mol. The Bertz CT molecular complexity index is 793. The normalized spacial score (nSPS) is 16.3. The summed E-state index contributed by atoms with van der Waals surface area (Å²) in [6.45, 7) is 1.09. The first-order chi connectivity index (χ1) is 13.1. The topological polar surface area (TPSA) is 67.9 Å². The average Bonchev–Trinajstić information content (AvgIpc) is 3.08. The van der Waals surface area contributed by atoms with Crippen molar-refractivity contribution in [2.24, 2.45) is 5.92 Å². The van der Waals surface area contributed by atoms with E-state index >= 15 is 0 Å². The zero-order valence-corrected chi connectivity index (χ0v) is 15.7. The second-order valence-corrected chi connectivity index (χ2v) is 6.63. The first-order valence-electron chi connectivity index (χ1n) is 8.67. The number of rotatable bonds is 7. The van der Waals surface area contributed by atoms with E-state index in [1.54, 1.807) is 48.4 Å². The predicted octanol–water partition coefficient (Wildman–Crippen LogP) is 2.90. The van der Waals surface area contributed by atoms with E-state index in [4.69, 9.17) is 21.1 Å². The highest BCUT2D eigenvalue weighted by molar-refractivity contribution is 6.30. The van der Waals surface area contributed by atoms with Gasteiger partial charge in [-0.25, -0.2) is 0 Å². The molecule has 1 atom stereocenters. The molecule has 0 saturated carbocycles. The average molecular weight is 389 g/mol. The van der Waals surface area contributed by atoms with Crippen LogP contribution < -0.4 is 19.7 Å². The molecule has 2 amide bonds. The second-order valence-electron chi connectivity index (χ2n) is 6.20. The smallest absolute Gasteiger partial charge is 0.227 e. The fourth-order valence-corrected chi connectivity index (χ4v) is 3.04. The van der Waals surface area contributed by atoms with Crippen molar-refractivity contribution in [2.45, 2.75) is 6.42 Å². The Kier molecular flexibility index (Phi) is 6.19. The summed E-state index contributed by atoms with van der Waals surface area (Å²) < 4.78 is 10.7. The molecule has 1 aliphatic heterocycles. The number of nitrogens with one attached hydrogen (secondary N) is 1. The number of benzene rings is 2. The van der Waals surface area contributed by atoms with Gasteiger partial charge in [-0.05, 0) is 48.5 Å². The Morgan fingerprint density at radius 2 is 1.81 bits per heavy atom. The first kappa shape index (κ1) is 19.0. The maximum Gasteiger partial charge on any atom is 0.227 e. The molecule has 3 rings (SSSR count). The highest BCUT2D eigenvalue weighted by Crippen LogP contribution is 2.26. The molecule has 0 aromatic heterocycles. The molecule has 2 aromatic carbocycles. The third-order valence-corrected chi connectivity index (χ3v) is 4.62. The summed E-state index contributed by atoms with van der Waals surface area (Å²) in [5, 5.41) is 3.44. The molecule has 27 heavy (non-hydrogen) atoms. The minimum atomic E-state index is -0.367. The molecule has 1 aliphatic rings. The van der Waals surface area contributed by atoms with Crippen molar-refractivity contribution < 1.29 is 19.1 Å². The van der Waals surface area contributed by atoms with Gasteiger partial charge in [0, 0.05) is 23.7 Å². The Labute approximate surface area is 163 Å². The third-order valence-electron chi connectivity index (χ3n) is 4.36. The summed E-state index contributed by atoms with van der Waals surface area (Å²) in [6.07, 6.45) is 0.202. The zero-order chi connectivity index (χ0) is 19.2. The highest BCUT2D eigenvalue weighted by Gasteiger charge is 2.34. The Morgan fingerprint density at radius 3 is 2.48 bits per heavy atom. The molecule has 142 valence electrons. The quantitative estimate of drug-likeness (QED) is 0.740. The van der Waals surface area contributed by atoms with E-state index in [9.17, 15) is 9.59 Å². The predicted molar refractivity (Wildman–Crippen MR) is 103 cm³/mol. The minimum Gasteiger partial charge on any atom is -0.497 e. The van der Waals surface area contributed by atoms with Crippen LogP contribution in [0.1, 0.15) is 6.42 Å². The summed E-state index contributed by atoms with van der Waals surface area (Å²) in [5.41, 5.74) is 0.752. The van der Waals surface area contributed by atoms with E-state index in [-0.39, 0.29) is 24.2 Å². The Hall–Kier alpha value is -2.73. The van der Waals surface area contributed by atoms with Crippen molar-refractivity contribution in [1.82, 2.24) is 5.32 Å². The SMILES string of the molecule is COc1ccc(OCCNC(=O)C2CC(=O)N(c3ccc(Cl)cc3)C2)cc1. The fraction of sp³-hybridized carbons (Fsp3) is 0.300. The third kappa shape index (κ3) is 4.92. The number of carbonyl (C=O) groups excluding carboxylic acids is 2. The van der Waals surface area contributed by atoms with Crippen molar-refractivity contribution in [2.75, 3.05) is 31.7 Å². The maximum absolute atomic E-state index is 12.3. The fourth-order valence-electron chi connectivity index (χ4n) is 2.91. The Balaban J connectivity index is 1.44. The van der Waals surface area contributed by atoms with Crippen LogP contribution in [0.5, 0.6) is 11.5 Å². The lowest BCUT2D eigenvalue weighted by molar-refractivity contribution is -0.126. The van der Waals surface area contributed by atoms with Crippen LogP contribution in [0.15, 0.2) is 48.5 Å². The molecule has 0 bridgehead atoms. The van der Waals surface area contributed by atoms with Crippen LogP contribution in [0, 0.1) is 5.92 Å². The van der Waals surface area contributed by atoms with Gasteiger partial charge in [-0.3, -0.25) is 9.59 Å². The number of methoxy groups -OCH3 is 1. The van der Waals surface area contributed by atoms with Crippen LogP contribution in [0.3, 0.4) is 0 Å². The lowest BCUT2D eigenvalue weighted by Crippen LogP contribution is -2.35. The lowest BCUT2D eigenvalue weighted by Gasteiger charge is -2.16. The molecule has 1 N–H and O–H groups in total. The minimum absolute atomic E-state index is 0.0630. The first-order valence-corrected chi connectivity index (χ1v) is 9.05. The molecule has 0 spiro atoms. The summed E-state index contributed by atoms with van der Waals surface area (Å²) in [5.74, 6) is 0.890. The monoisotopic (exact) mass is 388 g/mol. The molecule has 1 unspecified atom stereocenters.